The molecule has 1 rings (SSSR count). The Morgan fingerprint density at radius 1 is 1.50 bits per heavy atom. The standard InChI is InChI=1S/C12H19ClN2O/c1-8-6-10(9(2)15-5-4-14)7-11(13)12(8)16-3/h6-7,9,15H,4-5,14H2,1-3H3. The summed E-state index contributed by atoms with van der Waals surface area (Å²) >= 11 is 6.14. The summed E-state index contributed by atoms with van der Waals surface area (Å²) in [4.78, 5) is 0. The van der Waals surface area contributed by atoms with Crippen LogP contribution in [0.1, 0.15) is 24.1 Å². The van der Waals surface area contributed by atoms with Gasteiger partial charge < -0.3 is 15.8 Å². The molecule has 0 radical (unpaired) electrons. The number of halogens is 1. The van der Waals surface area contributed by atoms with Crippen molar-refractivity contribution in [1.29, 1.82) is 0 Å². The van der Waals surface area contributed by atoms with Gasteiger partial charge in [-0.1, -0.05) is 17.7 Å². The Balaban J connectivity index is 2.90. The van der Waals surface area contributed by atoms with Crippen molar-refractivity contribution in [2.75, 3.05) is 20.2 Å². The molecule has 0 saturated heterocycles. The molecule has 1 unspecified atom stereocenters. The van der Waals surface area contributed by atoms with Crippen LogP contribution in [-0.2, 0) is 0 Å². The van der Waals surface area contributed by atoms with E-state index in [0.29, 0.717) is 11.6 Å². The first-order chi connectivity index (χ1) is 7.60. The highest BCUT2D eigenvalue weighted by atomic mass is 35.5. The Morgan fingerprint density at radius 2 is 2.19 bits per heavy atom. The van der Waals surface area contributed by atoms with Gasteiger partial charge in [0.25, 0.3) is 0 Å². The van der Waals surface area contributed by atoms with Crippen LogP contribution in [0, 0.1) is 6.92 Å². The van der Waals surface area contributed by atoms with Crippen LogP contribution >= 0.6 is 11.6 Å². The molecule has 1 atom stereocenters. The van der Waals surface area contributed by atoms with Crippen molar-refractivity contribution < 1.29 is 4.74 Å². The maximum Gasteiger partial charge on any atom is 0.140 e. The summed E-state index contributed by atoms with van der Waals surface area (Å²) in [7, 11) is 1.63. The third kappa shape index (κ3) is 3.11. The highest BCUT2D eigenvalue weighted by Gasteiger charge is 2.10. The van der Waals surface area contributed by atoms with Gasteiger partial charge >= 0.3 is 0 Å². The number of benzene rings is 1. The van der Waals surface area contributed by atoms with Crippen molar-refractivity contribution in [3.63, 3.8) is 0 Å². The fourth-order valence-corrected chi connectivity index (χ4v) is 2.04. The Hall–Kier alpha value is -0.770. The summed E-state index contributed by atoms with van der Waals surface area (Å²) in [5.74, 6) is 0.747. The number of ether oxygens (including phenoxy) is 1. The molecule has 0 amide bonds. The lowest BCUT2D eigenvalue weighted by atomic mass is 10.0. The van der Waals surface area contributed by atoms with E-state index < -0.39 is 0 Å². The zero-order chi connectivity index (χ0) is 12.1. The summed E-state index contributed by atoms with van der Waals surface area (Å²) in [6, 6.07) is 4.26. The average molecular weight is 243 g/mol. The van der Waals surface area contributed by atoms with Gasteiger partial charge in [0.1, 0.15) is 5.75 Å². The van der Waals surface area contributed by atoms with Gasteiger partial charge in [-0.25, -0.2) is 0 Å². The normalized spacial score (nSPS) is 12.6. The molecule has 0 aliphatic carbocycles. The first kappa shape index (κ1) is 13.3. The van der Waals surface area contributed by atoms with Crippen LogP contribution in [0.2, 0.25) is 5.02 Å². The van der Waals surface area contributed by atoms with Crippen molar-refractivity contribution >= 4 is 11.6 Å². The lowest BCUT2D eigenvalue weighted by Crippen LogP contribution is -2.25. The minimum Gasteiger partial charge on any atom is -0.495 e. The third-order valence-electron chi connectivity index (χ3n) is 2.55. The van der Waals surface area contributed by atoms with Crippen LogP contribution < -0.4 is 15.8 Å². The first-order valence-electron chi connectivity index (χ1n) is 5.37. The minimum atomic E-state index is 0.241. The fourth-order valence-electron chi connectivity index (χ4n) is 1.68. The number of nitrogens with one attached hydrogen (secondary N) is 1. The number of hydrogen-bond donors (Lipinski definition) is 2. The minimum absolute atomic E-state index is 0.241. The SMILES string of the molecule is COc1c(C)cc(C(C)NCCN)cc1Cl. The molecule has 0 aliphatic heterocycles. The number of hydrogen-bond acceptors (Lipinski definition) is 3. The van der Waals surface area contributed by atoms with E-state index in [0.717, 1.165) is 23.4 Å². The molecule has 90 valence electrons. The Kier molecular flexibility index (Phi) is 5.06. The molecule has 1 aromatic rings. The Morgan fingerprint density at radius 3 is 2.69 bits per heavy atom. The molecule has 0 fully saturated rings. The van der Waals surface area contributed by atoms with E-state index in [1.54, 1.807) is 7.11 Å². The van der Waals surface area contributed by atoms with Gasteiger partial charge in [0.05, 0.1) is 12.1 Å². The van der Waals surface area contributed by atoms with Crippen LogP contribution in [0.5, 0.6) is 5.75 Å². The summed E-state index contributed by atoms with van der Waals surface area (Å²) in [6.45, 7) is 5.51. The molecule has 3 N–H and O–H groups in total. The molecule has 4 heteroatoms. The molecule has 0 bridgehead atoms. The van der Waals surface area contributed by atoms with E-state index in [2.05, 4.69) is 18.3 Å². The van der Waals surface area contributed by atoms with Gasteiger partial charge in [0.2, 0.25) is 0 Å². The molecular formula is C12H19ClN2O. The number of methoxy groups -OCH3 is 1. The molecule has 0 aromatic heterocycles. The zero-order valence-electron chi connectivity index (χ0n) is 10.0. The predicted octanol–water partition coefficient (Wildman–Crippen LogP) is 2.27. The van der Waals surface area contributed by atoms with E-state index in [1.165, 1.54) is 0 Å². The summed E-state index contributed by atoms with van der Waals surface area (Å²) in [6.07, 6.45) is 0. The maximum absolute atomic E-state index is 6.14. The highest BCUT2D eigenvalue weighted by Crippen LogP contribution is 2.31. The van der Waals surface area contributed by atoms with Crippen LogP contribution in [-0.4, -0.2) is 20.2 Å². The van der Waals surface area contributed by atoms with Gasteiger partial charge in [0, 0.05) is 19.1 Å². The fraction of sp³-hybridized carbons (Fsp3) is 0.500. The third-order valence-corrected chi connectivity index (χ3v) is 2.83. The molecule has 16 heavy (non-hydrogen) atoms. The van der Waals surface area contributed by atoms with Gasteiger partial charge in [-0.15, -0.1) is 0 Å². The lowest BCUT2D eigenvalue weighted by Gasteiger charge is -2.16. The van der Waals surface area contributed by atoms with Gasteiger partial charge in [-0.3, -0.25) is 0 Å². The van der Waals surface area contributed by atoms with E-state index in [-0.39, 0.29) is 6.04 Å². The second-order valence-corrected chi connectivity index (χ2v) is 4.22. The van der Waals surface area contributed by atoms with E-state index in [4.69, 9.17) is 22.1 Å². The molecule has 0 heterocycles. The second-order valence-electron chi connectivity index (χ2n) is 3.82. The Bertz CT molecular complexity index is 332. The summed E-state index contributed by atoms with van der Waals surface area (Å²) < 4.78 is 5.22. The second kappa shape index (κ2) is 6.09. The van der Waals surface area contributed by atoms with E-state index >= 15 is 0 Å². The van der Waals surface area contributed by atoms with Crippen LogP contribution in [0.15, 0.2) is 12.1 Å². The average Bonchev–Trinajstić information content (AvgIpc) is 2.25. The van der Waals surface area contributed by atoms with Gasteiger partial charge in [-0.05, 0) is 31.0 Å². The Labute approximate surface area is 102 Å². The van der Waals surface area contributed by atoms with Crippen molar-refractivity contribution in [2.45, 2.75) is 19.9 Å². The highest BCUT2D eigenvalue weighted by molar-refractivity contribution is 6.32. The van der Waals surface area contributed by atoms with Crippen molar-refractivity contribution in [2.24, 2.45) is 5.73 Å². The first-order valence-corrected chi connectivity index (χ1v) is 5.75. The molecule has 0 aliphatic rings. The quantitative estimate of drug-likeness (QED) is 0.833. The molecule has 1 aromatic carbocycles. The van der Waals surface area contributed by atoms with Crippen molar-refractivity contribution in [3.8, 4) is 5.75 Å². The van der Waals surface area contributed by atoms with Crippen LogP contribution in [0.3, 0.4) is 0 Å². The van der Waals surface area contributed by atoms with Crippen molar-refractivity contribution in [3.05, 3.63) is 28.3 Å². The smallest absolute Gasteiger partial charge is 0.140 e. The van der Waals surface area contributed by atoms with Gasteiger partial charge in [0.15, 0.2) is 0 Å². The summed E-state index contributed by atoms with van der Waals surface area (Å²) in [5.41, 5.74) is 7.65. The van der Waals surface area contributed by atoms with Crippen LogP contribution in [0.4, 0.5) is 0 Å². The molecular weight excluding hydrogens is 224 g/mol. The monoisotopic (exact) mass is 242 g/mol. The number of nitrogens with two attached hydrogens (primary N) is 1. The lowest BCUT2D eigenvalue weighted by molar-refractivity contribution is 0.411. The van der Waals surface area contributed by atoms with Crippen LogP contribution in [0.25, 0.3) is 0 Å². The molecule has 0 spiro atoms. The zero-order valence-corrected chi connectivity index (χ0v) is 10.8. The van der Waals surface area contributed by atoms with E-state index in [9.17, 15) is 0 Å². The number of aryl methyl sites for hydroxylation is 1. The van der Waals surface area contributed by atoms with E-state index in [1.807, 2.05) is 13.0 Å². The predicted molar refractivity (Wildman–Crippen MR) is 68.2 cm³/mol. The largest absolute Gasteiger partial charge is 0.495 e. The number of rotatable bonds is 5. The summed E-state index contributed by atoms with van der Waals surface area (Å²) in [5, 5.41) is 3.97. The van der Waals surface area contributed by atoms with Crippen molar-refractivity contribution in [1.82, 2.24) is 5.32 Å². The molecule has 3 nitrogen and oxygen atoms in total. The topological polar surface area (TPSA) is 47.3 Å². The van der Waals surface area contributed by atoms with Gasteiger partial charge in [-0.2, -0.15) is 0 Å². The maximum atomic E-state index is 6.14. The molecule has 0 saturated carbocycles.